The second-order valence-corrected chi connectivity index (χ2v) is 8.64. The second kappa shape index (κ2) is 15.6. The SMILES string of the molecule is COc1ccc(-c2nc3c(C(=O)N4CCNCC4)cnn3c(C(F)(F)F)c2C)cc1.C[NH-].OCc1ccccc1.[W]. The number of fused-ring (bicyclic) bond motifs is 1. The number of nitrogens with one attached hydrogen (secondary N) is 2. The molecule has 0 spiro atoms. The van der Waals surface area contributed by atoms with Gasteiger partial charge in [-0.3, -0.25) is 4.79 Å². The minimum atomic E-state index is -4.67. The number of hydrogen-bond donors (Lipinski definition) is 2. The molecular formula is C28H32F3N6O3W-. The zero-order chi connectivity index (χ0) is 29.3. The first kappa shape index (κ1) is 33.9. The van der Waals surface area contributed by atoms with Crippen LogP contribution in [-0.4, -0.2) is 70.8 Å². The van der Waals surface area contributed by atoms with Crippen LogP contribution in [0, 0.1) is 6.92 Å². The van der Waals surface area contributed by atoms with Crippen molar-refractivity contribution in [3.05, 3.63) is 88.9 Å². The van der Waals surface area contributed by atoms with Crippen molar-refractivity contribution in [2.75, 3.05) is 40.3 Å². The predicted octanol–water partition coefficient (Wildman–Crippen LogP) is 4.62. The van der Waals surface area contributed by atoms with Crippen LogP contribution in [0.4, 0.5) is 13.2 Å². The van der Waals surface area contributed by atoms with Gasteiger partial charge in [-0.2, -0.15) is 25.3 Å². The molecular weight excluding hydrogens is 709 g/mol. The predicted molar refractivity (Wildman–Crippen MR) is 146 cm³/mol. The summed E-state index contributed by atoms with van der Waals surface area (Å²) in [7, 11) is 2.76. The largest absolute Gasteiger partial charge is 0.680 e. The van der Waals surface area contributed by atoms with E-state index in [0.717, 1.165) is 10.1 Å². The van der Waals surface area contributed by atoms with Crippen molar-refractivity contribution >= 4 is 11.6 Å². The Kier molecular flexibility index (Phi) is 12.9. The van der Waals surface area contributed by atoms with Crippen molar-refractivity contribution < 1.29 is 48.9 Å². The molecule has 0 bridgehead atoms. The maximum absolute atomic E-state index is 13.9. The zero-order valence-electron chi connectivity index (χ0n) is 22.9. The smallest absolute Gasteiger partial charge is 0.433 e. The molecule has 41 heavy (non-hydrogen) atoms. The summed E-state index contributed by atoms with van der Waals surface area (Å²) in [5.74, 6) is 0.198. The van der Waals surface area contributed by atoms with Crippen LogP contribution >= 0.6 is 0 Å². The number of ether oxygens (including phenoxy) is 1. The van der Waals surface area contributed by atoms with Crippen molar-refractivity contribution in [1.82, 2.24) is 24.8 Å². The quantitative estimate of drug-likeness (QED) is 0.316. The first-order chi connectivity index (χ1) is 19.2. The van der Waals surface area contributed by atoms with Crippen molar-refractivity contribution in [2.24, 2.45) is 0 Å². The second-order valence-electron chi connectivity index (χ2n) is 8.64. The van der Waals surface area contributed by atoms with E-state index in [4.69, 9.17) is 15.6 Å². The van der Waals surface area contributed by atoms with Gasteiger partial charge in [0.15, 0.2) is 11.3 Å². The summed E-state index contributed by atoms with van der Waals surface area (Å²) in [5, 5.41) is 15.6. The summed E-state index contributed by atoms with van der Waals surface area (Å²) in [4.78, 5) is 19.0. The molecule has 0 aliphatic carbocycles. The van der Waals surface area contributed by atoms with E-state index in [9.17, 15) is 18.0 Å². The molecule has 3 heterocycles. The normalized spacial score (nSPS) is 12.8. The molecule has 1 aliphatic rings. The van der Waals surface area contributed by atoms with Crippen LogP contribution in [0.3, 0.4) is 0 Å². The number of aliphatic hydroxyl groups excluding tert-OH is 1. The summed E-state index contributed by atoms with van der Waals surface area (Å²) < 4.78 is 47.7. The van der Waals surface area contributed by atoms with Gasteiger partial charge in [0.05, 0.1) is 25.6 Å². The van der Waals surface area contributed by atoms with Crippen LogP contribution < -0.4 is 10.1 Å². The molecule has 0 saturated carbocycles. The number of carbonyl (C=O) groups excluding carboxylic acids is 1. The van der Waals surface area contributed by atoms with E-state index in [-0.39, 0.29) is 56.0 Å². The third kappa shape index (κ3) is 8.13. The maximum Gasteiger partial charge on any atom is 0.433 e. The van der Waals surface area contributed by atoms with Gasteiger partial charge in [0.25, 0.3) is 5.91 Å². The maximum atomic E-state index is 13.9. The molecule has 9 nitrogen and oxygen atoms in total. The van der Waals surface area contributed by atoms with Crippen LogP contribution in [0.25, 0.3) is 22.6 Å². The molecule has 2 aromatic heterocycles. The monoisotopic (exact) mass is 741 g/mol. The first-order valence-electron chi connectivity index (χ1n) is 12.5. The number of rotatable bonds is 4. The van der Waals surface area contributed by atoms with Gasteiger partial charge in [0.1, 0.15) is 11.3 Å². The van der Waals surface area contributed by atoms with Crippen molar-refractivity contribution in [3.8, 4) is 17.0 Å². The Bertz CT molecular complexity index is 1390. The Labute approximate surface area is 250 Å². The molecule has 3 N–H and O–H groups in total. The number of methoxy groups -OCH3 is 1. The van der Waals surface area contributed by atoms with Crippen LogP contribution in [0.5, 0.6) is 5.75 Å². The van der Waals surface area contributed by atoms with Crippen molar-refractivity contribution in [2.45, 2.75) is 19.7 Å². The minimum absolute atomic E-state index is 0. The Morgan fingerprint density at radius 1 is 1.07 bits per heavy atom. The molecule has 220 valence electrons. The fourth-order valence-corrected chi connectivity index (χ4v) is 4.21. The fraction of sp³-hybridized carbons (Fsp3) is 0.321. The van der Waals surface area contributed by atoms with E-state index in [1.807, 2.05) is 30.3 Å². The summed E-state index contributed by atoms with van der Waals surface area (Å²) in [6.07, 6.45) is -3.51. The Morgan fingerprint density at radius 3 is 2.20 bits per heavy atom. The number of aliphatic hydroxyl groups is 1. The number of piperazine rings is 1. The number of amides is 1. The van der Waals surface area contributed by atoms with Gasteiger partial charge in [0.2, 0.25) is 0 Å². The zero-order valence-corrected chi connectivity index (χ0v) is 25.8. The van der Waals surface area contributed by atoms with Gasteiger partial charge in [-0.05, 0) is 36.8 Å². The number of alkyl halides is 3. The van der Waals surface area contributed by atoms with E-state index in [1.165, 1.54) is 27.3 Å². The van der Waals surface area contributed by atoms with Gasteiger partial charge in [-0.1, -0.05) is 30.3 Å². The standard InChI is InChI=1S/C20H20F3N5O2.C7H8O.CH4N.W/c1-12-16(13-3-5-14(30-2)6-4-13)26-18-15(19(29)27-9-7-24-8-10-27)11-25-28(18)17(12)20(21,22)23;8-6-7-4-2-1-3-5-7;1-2;/h3-6,11,24H,7-10H2,1-2H3;1-5,8H,6H2;2H,1H3;/q;;-1;. The van der Waals surface area contributed by atoms with Gasteiger partial charge in [-0.25, -0.2) is 9.50 Å². The third-order valence-electron chi connectivity index (χ3n) is 6.18. The van der Waals surface area contributed by atoms with E-state index in [0.29, 0.717) is 37.5 Å². The van der Waals surface area contributed by atoms with E-state index in [2.05, 4.69) is 15.4 Å². The number of aromatic nitrogens is 3. The van der Waals surface area contributed by atoms with E-state index < -0.39 is 11.9 Å². The average Bonchev–Trinajstić information content (AvgIpc) is 3.41. The molecule has 0 atom stereocenters. The molecule has 5 rings (SSSR count). The molecule has 2 aromatic carbocycles. The van der Waals surface area contributed by atoms with E-state index >= 15 is 0 Å². The van der Waals surface area contributed by atoms with Gasteiger partial charge in [-0.15, -0.1) is 0 Å². The Morgan fingerprint density at radius 2 is 1.68 bits per heavy atom. The fourth-order valence-electron chi connectivity index (χ4n) is 4.21. The number of nitrogens with zero attached hydrogens (tertiary/aromatic N) is 4. The number of carbonyl (C=O) groups is 1. The van der Waals surface area contributed by atoms with Gasteiger partial charge in [0, 0.05) is 58.4 Å². The Hall–Kier alpha value is -3.31. The molecule has 1 amide bonds. The molecule has 1 saturated heterocycles. The van der Waals surface area contributed by atoms with Crippen LogP contribution in [-0.2, 0) is 33.8 Å². The van der Waals surface area contributed by atoms with Gasteiger partial charge >= 0.3 is 6.18 Å². The summed E-state index contributed by atoms with van der Waals surface area (Å²) in [6.45, 7) is 3.69. The third-order valence-corrected chi connectivity index (χ3v) is 6.18. The topological polar surface area (TPSA) is 116 Å². The molecule has 1 fully saturated rings. The molecule has 4 aromatic rings. The van der Waals surface area contributed by atoms with Crippen LogP contribution in [0.1, 0.15) is 27.2 Å². The summed E-state index contributed by atoms with van der Waals surface area (Å²) >= 11 is 0. The average molecular weight is 741 g/mol. The summed E-state index contributed by atoms with van der Waals surface area (Å²) in [6, 6.07) is 16.1. The number of benzene rings is 2. The molecule has 0 radical (unpaired) electrons. The van der Waals surface area contributed by atoms with Crippen LogP contribution in [0.15, 0.2) is 60.8 Å². The number of hydrogen-bond acceptors (Lipinski definition) is 6. The van der Waals surface area contributed by atoms with Crippen molar-refractivity contribution in [1.29, 1.82) is 0 Å². The van der Waals surface area contributed by atoms with Gasteiger partial charge < -0.3 is 25.8 Å². The number of halogens is 3. The molecule has 13 heteroatoms. The van der Waals surface area contributed by atoms with E-state index in [1.54, 1.807) is 29.2 Å². The Balaban J connectivity index is 0.000000458. The summed E-state index contributed by atoms with van der Waals surface area (Å²) in [5.41, 5.74) is 6.28. The van der Waals surface area contributed by atoms with Crippen molar-refractivity contribution in [3.63, 3.8) is 0 Å². The van der Waals surface area contributed by atoms with Crippen LogP contribution in [0.2, 0.25) is 0 Å². The first-order valence-corrected chi connectivity index (χ1v) is 12.5. The molecule has 1 aliphatic heterocycles. The molecule has 0 unspecified atom stereocenters. The minimum Gasteiger partial charge on any atom is -0.680 e.